The maximum absolute atomic E-state index is 13.8. The van der Waals surface area contributed by atoms with Crippen molar-refractivity contribution in [2.75, 3.05) is 10.6 Å². The molecule has 204 valence electrons. The number of pyridine rings is 1. The van der Waals surface area contributed by atoms with E-state index >= 15 is 0 Å². The van der Waals surface area contributed by atoms with Crippen molar-refractivity contribution in [3.63, 3.8) is 0 Å². The molecule has 38 heavy (non-hydrogen) atoms. The first-order valence-electron chi connectivity index (χ1n) is 12.1. The third kappa shape index (κ3) is 6.32. The number of nitrogens with zero attached hydrogens (tertiary/aromatic N) is 2. The summed E-state index contributed by atoms with van der Waals surface area (Å²) in [5.74, 6) is -0.963. The summed E-state index contributed by atoms with van der Waals surface area (Å²) in [6, 6.07) is 8.74. The predicted octanol–water partition coefficient (Wildman–Crippen LogP) is 7.36. The smallest absolute Gasteiger partial charge is 0.416 e. The average Bonchev–Trinajstić information content (AvgIpc) is 2.79. The minimum Gasteiger partial charge on any atom is -0.481 e. The van der Waals surface area contributed by atoms with Crippen LogP contribution in [0.4, 0.5) is 18.9 Å². The molecule has 5 nitrogen and oxygen atoms in total. The van der Waals surface area contributed by atoms with Gasteiger partial charge in [0.2, 0.25) is 0 Å². The Morgan fingerprint density at radius 1 is 1.03 bits per heavy atom. The highest BCUT2D eigenvalue weighted by atomic mass is 32.2. The van der Waals surface area contributed by atoms with Gasteiger partial charge < -0.3 is 14.5 Å². The summed E-state index contributed by atoms with van der Waals surface area (Å²) in [7, 11) is 0. The first kappa shape index (κ1) is 29.5. The number of aryl methyl sites for hydroxylation is 1. The van der Waals surface area contributed by atoms with Gasteiger partial charge in [-0.15, -0.1) is 0 Å². The zero-order valence-corrected chi connectivity index (χ0v) is 23.4. The van der Waals surface area contributed by atoms with Crippen LogP contribution in [0.25, 0.3) is 22.4 Å². The van der Waals surface area contributed by atoms with Gasteiger partial charge >= 0.3 is 12.1 Å². The number of hydrogen-bond acceptors (Lipinski definition) is 5. The first-order chi connectivity index (χ1) is 17.5. The minimum absolute atomic E-state index is 0.0306. The fraction of sp³-hybridized carbons (Fsp3) is 0.379. The number of rotatable bonds is 4. The van der Waals surface area contributed by atoms with Crippen molar-refractivity contribution in [2.24, 2.45) is 0 Å². The van der Waals surface area contributed by atoms with Crippen molar-refractivity contribution in [3.8, 4) is 22.4 Å². The molecule has 0 fully saturated rings. The van der Waals surface area contributed by atoms with Gasteiger partial charge in [0.1, 0.15) is 0 Å². The minimum atomic E-state index is -4.50. The Hall–Kier alpha value is -3.04. The molecule has 2 N–H and O–H groups in total. The van der Waals surface area contributed by atoms with Crippen LogP contribution >= 0.6 is 11.9 Å². The molecule has 0 radical (unpaired) electrons. The molecule has 0 unspecified atom stereocenters. The molecule has 0 saturated heterocycles. The lowest BCUT2D eigenvalue weighted by Gasteiger charge is -2.36. The predicted molar refractivity (Wildman–Crippen MR) is 147 cm³/mol. The number of benzene rings is 2. The van der Waals surface area contributed by atoms with E-state index in [0.717, 1.165) is 39.6 Å². The first-order valence-corrected chi connectivity index (χ1v) is 13.3. The number of hydrogen-bond donors (Lipinski definition) is 2. The van der Waals surface area contributed by atoms with Crippen molar-refractivity contribution >= 4 is 23.6 Å². The molecule has 0 spiro atoms. The lowest BCUT2D eigenvalue weighted by Crippen LogP contribution is -2.26. The van der Waals surface area contributed by atoms with E-state index in [1.54, 1.807) is 31.3 Å². The summed E-state index contributed by atoms with van der Waals surface area (Å²) in [5.41, 5.74) is 5.35. The van der Waals surface area contributed by atoms with Gasteiger partial charge in [-0.25, -0.2) is 0 Å². The number of carboxylic acids is 1. The monoisotopic (exact) mass is 546 g/mol. The lowest BCUT2D eigenvalue weighted by molar-refractivity contribution is -0.138. The number of aliphatic carboxylic acids is 1. The largest absolute Gasteiger partial charge is 0.481 e. The number of alkyl halides is 3. The number of carbonyl (C=O) groups is 1. The second-order valence-electron chi connectivity index (χ2n) is 10.3. The molecule has 1 aromatic heterocycles. The van der Waals surface area contributed by atoms with Crippen LogP contribution in [0.3, 0.4) is 0 Å². The van der Waals surface area contributed by atoms with Crippen molar-refractivity contribution in [2.45, 2.75) is 66.3 Å². The van der Waals surface area contributed by atoms with Crippen LogP contribution in [0, 0.1) is 20.8 Å². The zero-order valence-electron chi connectivity index (χ0n) is 22.6. The van der Waals surface area contributed by atoms with Crippen LogP contribution in [-0.2, 0) is 23.9 Å². The van der Waals surface area contributed by atoms with E-state index in [9.17, 15) is 23.1 Å². The van der Waals surface area contributed by atoms with Gasteiger partial charge in [-0.2, -0.15) is 13.2 Å². The van der Waals surface area contributed by atoms with Crippen LogP contribution < -0.4 is 4.31 Å². The zero-order chi connectivity index (χ0) is 28.6. The van der Waals surface area contributed by atoms with E-state index in [1.807, 2.05) is 45.0 Å². The second-order valence-corrected chi connectivity index (χ2v) is 11.1. The molecular weight excluding hydrogens is 513 g/mol. The van der Waals surface area contributed by atoms with Crippen LogP contribution in [0.15, 0.2) is 36.5 Å². The molecule has 4 rings (SSSR count). The van der Waals surface area contributed by atoms with Crippen molar-refractivity contribution in [3.05, 3.63) is 69.9 Å². The van der Waals surface area contributed by atoms with E-state index in [2.05, 4.69) is 4.98 Å². The van der Waals surface area contributed by atoms with Gasteiger partial charge in [0.05, 0.1) is 35.5 Å². The molecule has 9 heteroatoms. The molecule has 0 amide bonds. The Kier molecular flexibility index (Phi) is 8.53. The Bertz CT molecular complexity index is 1340. The standard InChI is InChI=1S/C25H23F3N2O2S.C4H10O/c1-13-5-7-16(8-6-13)21-15(3)22-23-18(19(9-10-29-23)25(26,27)28)12-30(33-4)24(22)14(2)17(21)11-20(31)32;1-4(2,3)5/h5-10H,11-12H2,1-4H3,(H,31,32);5H,1-3H3. The highest BCUT2D eigenvalue weighted by Crippen LogP contribution is 2.51. The van der Waals surface area contributed by atoms with Gasteiger partial charge in [0.15, 0.2) is 0 Å². The Morgan fingerprint density at radius 3 is 2.11 bits per heavy atom. The van der Waals surface area contributed by atoms with Crippen LogP contribution in [0.5, 0.6) is 0 Å². The maximum atomic E-state index is 13.8. The number of aromatic nitrogens is 1. The highest BCUT2D eigenvalue weighted by Gasteiger charge is 2.39. The Morgan fingerprint density at radius 2 is 1.61 bits per heavy atom. The van der Waals surface area contributed by atoms with Crippen molar-refractivity contribution in [1.82, 2.24) is 4.98 Å². The van der Waals surface area contributed by atoms with Crippen LogP contribution in [0.2, 0.25) is 0 Å². The van der Waals surface area contributed by atoms with Gasteiger partial charge in [-0.3, -0.25) is 9.78 Å². The van der Waals surface area contributed by atoms with Gasteiger partial charge in [-0.1, -0.05) is 41.8 Å². The van der Waals surface area contributed by atoms with E-state index in [0.29, 0.717) is 16.8 Å². The van der Waals surface area contributed by atoms with Crippen molar-refractivity contribution < 1.29 is 28.2 Å². The molecule has 0 bridgehead atoms. The van der Waals surface area contributed by atoms with E-state index in [1.165, 1.54) is 18.1 Å². The average molecular weight is 547 g/mol. The molecule has 1 aliphatic heterocycles. The van der Waals surface area contributed by atoms with Gasteiger partial charge in [0, 0.05) is 23.6 Å². The Labute approximate surface area is 225 Å². The molecule has 2 aromatic carbocycles. The molecule has 1 aliphatic rings. The molecular formula is C29H33F3N2O3S. The van der Waals surface area contributed by atoms with Gasteiger partial charge in [-0.05, 0) is 75.4 Å². The number of aliphatic hydroxyl groups is 1. The van der Waals surface area contributed by atoms with Crippen LogP contribution in [-0.4, -0.2) is 33.0 Å². The fourth-order valence-electron chi connectivity index (χ4n) is 4.64. The van der Waals surface area contributed by atoms with E-state index in [4.69, 9.17) is 5.11 Å². The second kappa shape index (κ2) is 11.0. The summed E-state index contributed by atoms with van der Waals surface area (Å²) < 4.78 is 43.3. The molecule has 0 aliphatic carbocycles. The van der Waals surface area contributed by atoms with Gasteiger partial charge in [0.25, 0.3) is 0 Å². The number of halogens is 3. The quantitative estimate of drug-likeness (QED) is 0.333. The third-order valence-electron chi connectivity index (χ3n) is 6.13. The summed E-state index contributed by atoms with van der Waals surface area (Å²) in [5, 5.41) is 18.2. The van der Waals surface area contributed by atoms with Crippen molar-refractivity contribution in [1.29, 1.82) is 0 Å². The molecule has 0 atom stereocenters. The highest BCUT2D eigenvalue weighted by molar-refractivity contribution is 7.99. The summed E-state index contributed by atoms with van der Waals surface area (Å²) in [6.45, 7) is 10.9. The molecule has 0 saturated carbocycles. The lowest BCUT2D eigenvalue weighted by atomic mass is 9.82. The number of carboxylic acid groups (broad SMARTS) is 1. The van der Waals surface area contributed by atoms with Crippen LogP contribution in [0.1, 0.15) is 54.2 Å². The molecule has 2 heterocycles. The number of fused-ring (bicyclic) bond motifs is 3. The summed E-state index contributed by atoms with van der Waals surface area (Å²) in [4.78, 5) is 16.2. The summed E-state index contributed by atoms with van der Waals surface area (Å²) >= 11 is 1.32. The van der Waals surface area contributed by atoms with E-state index in [-0.39, 0.29) is 18.5 Å². The SMILES string of the molecule is CC(C)(C)O.CSN1Cc2c(C(F)(F)F)ccnc2-c2c(C)c(-c3ccc(C)cc3)c(CC(=O)O)c(C)c21. The topological polar surface area (TPSA) is 73.7 Å². The fourth-order valence-corrected chi connectivity index (χ4v) is 5.31. The Balaban J connectivity index is 0.000000732. The maximum Gasteiger partial charge on any atom is 0.416 e. The third-order valence-corrected chi connectivity index (χ3v) is 6.89. The number of anilines is 1. The van der Waals surface area contributed by atoms with E-state index < -0.39 is 23.3 Å². The molecule has 3 aromatic rings. The summed E-state index contributed by atoms with van der Waals surface area (Å²) in [6.07, 6.45) is -1.68. The normalized spacial score (nSPS) is 12.9.